The quantitative estimate of drug-likeness (QED) is 0.533. The van der Waals surface area contributed by atoms with E-state index < -0.39 is 0 Å². The highest BCUT2D eigenvalue weighted by Gasteiger charge is 2.48. The van der Waals surface area contributed by atoms with E-state index in [2.05, 4.69) is 54.7 Å². The van der Waals surface area contributed by atoms with Gasteiger partial charge in [0.25, 0.3) is 0 Å². The van der Waals surface area contributed by atoms with E-state index in [4.69, 9.17) is 0 Å². The second kappa shape index (κ2) is 6.74. The minimum atomic E-state index is 0.339. The molecule has 124 valence electrons. The fourth-order valence-electron chi connectivity index (χ4n) is 3.49. The van der Waals surface area contributed by atoms with Gasteiger partial charge in [0.05, 0.1) is 16.6 Å². The van der Waals surface area contributed by atoms with Gasteiger partial charge in [-0.25, -0.2) is 0 Å². The van der Waals surface area contributed by atoms with Gasteiger partial charge in [0.2, 0.25) is 0 Å². The molecule has 1 unspecified atom stereocenters. The molecule has 2 nitrogen and oxygen atoms in total. The Morgan fingerprint density at radius 2 is 1.65 bits per heavy atom. The molecule has 2 aromatic heterocycles. The number of hydrogen-bond donors (Lipinski definition) is 0. The first-order valence-corrected chi connectivity index (χ1v) is 8.95. The summed E-state index contributed by atoms with van der Waals surface area (Å²) in [5.41, 5.74) is 5.48. The molecule has 0 bridgehead atoms. The molecule has 1 fully saturated rings. The topological polar surface area (TPSA) is 17.8 Å². The number of nitrogens with zero attached hydrogens (tertiary/aromatic N) is 2. The van der Waals surface area contributed by atoms with E-state index in [9.17, 15) is 0 Å². The molecule has 2 heterocycles. The largest absolute Gasteiger partial charge is 0.342 e. The maximum absolute atomic E-state index is 4.64. The second-order valence-electron chi connectivity index (χ2n) is 6.15. The summed E-state index contributed by atoms with van der Waals surface area (Å²) in [6.07, 6.45) is 3.19. The van der Waals surface area contributed by atoms with Crippen molar-refractivity contribution in [1.82, 2.24) is 9.55 Å². The van der Waals surface area contributed by atoms with Gasteiger partial charge >= 0.3 is 0 Å². The highest BCUT2D eigenvalue weighted by Crippen LogP contribution is 2.55. The van der Waals surface area contributed by atoms with Crippen LogP contribution in [0.25, 0.3) is 21.9 Å². The molecular weight excluding hydrogens is 280 g/mol. The van der Waals surface area contributed by atoms with Crippen LogP contribution in [-0.2, 0) is 12.5 Å². The molecule has 0 saturated heterocycles. The van der Waals surface area contributed by atoms with E-state index in [0.717, 1.165) is 11.4 Å². The van der Waals surface area contributed by atoms with Crippen molar-refractivity contribution in [2.75, 3.05) is 0 Å². The number of benzene rings is 1. The minimum absolute atomic E-state index is 0.339. The van der Waals surface area contributed by atoms with Crippen molar-refractivity contribution in [3.05, 3.63) is 42.1 Å². The van der Waals surface area contributed by atoms with E-state index in [0.29, 0.717) is 5.41 Å². The Morgan fingerprint density at radius 3 is 2.26 bits per heavy atom. The van der Waals surface area contributed by atoms with Crippen LogP contribution in [0, 0.1) is 5.92 Å². The number of hydrogen-bond acceptors (Lipinski definition) is 1. The van der Waals surface area contributed by atoms with Crippen LogP contribution < -0.4 is 0 Å². The molecule has 0 amide bonds. The number of aromatic nitrogens is 2. The molecule has 3 aromatic rings. The number of pyridine rings is 1. The van der Waals surface area contributed by atoms with Gasteiger partial charge < -0.3 is 4.57 Å². The van der Waals surface area contributed by atoms with Crippen molar-refractivity contribution < 1.29 is 0 Å². The predicted molar refractivity (Wildman–Crippen MR) is 102 cm³/mol. The van der Waals surface area contributed by atoms with E-state index in [1.165, 1.54) is 28.4 Å². The molecule has 2 atom stereocenters. The second-order valence-corrected chi connectivity index (χ2v) is 6.15. The predicted octanol–water partition coefficient (Wildman–Crippen LogP) is 6.08. The van der Waals surface area contributed by atoms with E-state index in [1.807, 2.05) is 40.0 Å². The van der Waals surface area contributed by atoms with Gasteiger partial charge in [-0.05, 0) is 41.5 Å². The molecule has 1 aliphatic carbocycles. The van der Waals surface area contributed by atoms with Crippen molar-refractivity contribution >= 4 is 21.9 Å². The average Bonchev–Trinajstić information content (AvgIpc) is 3.14. The lowest BCUT2D eigenvalue weighted by Gasteiger charge is -2.12. The van der Waals surface area contributed by atoms with Crippen LogP contribution >= 0.6 is 0 Å². The van der Waals surface area contributed by atoms with Gasteiger partial charge in [0.1, 0.15) is 0 Å². The third-order valence-corrected chi connectivity index (χ3v) is 5.06. The zero-order valence-electron chi connectivity index (χ0n) is 15.6. The molecule has 1 aromatic carbocycles. The fraction of sp³-hybridized carbons (Fsp3) is 0.476. The van der Waals surface area contributed by atoms with Gasteiger partial charge in [-0.15, -0.1) is 0 Å². The summed E-state index contributed by atoms with van der Waals surface area (Å²) in [5, 5.41) is 1.35. The van der Waals surface area contributed by atoms with Crippen LogP contribution in [0.15, 0.2) is 36.5 Å². The smallest absolute Gasteiger partial charge is 0.0962 e. The van der Waals surface area contributed by atoms with Crippen LogP contribution in [-0.4, -0.2) is 9.55 Å². The summed E-state index contributed by atoms with van der Waals surface area (Å²) < 4.78 is 2.26. The van der Waals surface area contributed by atoms with Crippen molar-refractivity contribution in [3.8, 4) is 0 Å². The lowest BCUT2D eigenvalue weighted by Crippen LogP contribution is -2.03. The Balaban J connectivity index is 0.000000448. The summed E-state index contributed by atoms with van der Waals surface area (Å²) >= 11 is 0. The molecule has 4 rings (SSSR count). The number of fused-ring (bicyclic) bond motifs is 3. The standard InChI is InChI=1S/C17H18N2.2C2H6/c1-11-10-17(11,2)12-6-4-7-13-15(12)16-14(19(13)3)8-5-9-18-16;2*1-2/h4-9,11H,10H2,1-3H3;2*1-2H3/t11-,17?;;/m0../s1. The fourth-order valence-corrected chi connectivity index (χ4v) is 3.49. The first kappa shape index (κ1) is 17.5. The van der Waals surface area contributed by atoms with Gasteiger partial charge in [0.15, 0.2) is 0 Å². The van der Waals surface area contributed by atoms with E-state index in [-0.39, 0.29) is 0 Å². The molecular formula is C21H30N2. The Morgan fingerprint density at radius 1 is 1.04 bits per heavy atom. The summed E-state index contributed by atoms with van der Waals surface area (Å²) in [7, 11) is 2.13. The highest BCUT2D eigenvalue weighted by molar-refractivity contribution is 6.08. The average molecular weight is 310 g/mol. The zero-order valence-corrected chi connectivity index (χ0v) is 15.6. The number of aryl methyl sites for hydroxylation is 1. The van der Waals surface area contributed by atoms with Crippen molar-refractivity contribution in [1.29, 1.82) is 0 Å². The lowest BCUT2D eigenvalue weighted by atomic mass is 9.92. The Kier molecular flexibility index (Phi) is 5.13. The molecule has 0 N–H and O–H groups in total. The van der Waals surface area contributed by atoms with Gasteiger partial charge in [0, 0.05) is 18.6 Å². The minimum Gasteiger partial charge on any atom is -0.342 e. The van der Waals surface area contributed by atoms with Crippen LogP contribution in [0.5, 0.6) is 0 Å². The van der Waals surface area contributed by atoms with E-state index >= 15 is 0 Å². The zero-order chi connectivity index (χ0) is 17.2. The summed E-state index contributed by atoms with van der Waals surface area (Å²) in [5.74, 6) is 0.775. The maximum Gasteiger partial charge on any atom is 0.0962 e. The molecule has 23 heavy (non-hydrogen) atoms. The monoisotopic (exact) mass is 310 g/mol. The third kappa shape index (κ3) is 2.65. The summed E-state index contributed by atoms with van der Waals surface area (Å²) in [4.78, 5) is 4.64. The molecule has 1 aliphatic rings. The first-order valence-electron chi connectivity index (χ1n) is 8.95. The van der Waals surface area contributed by atoms with Gasteiger partial charge in [-0.2, -0.15) is 0 Å². The Bertz CT molecular complexity index is 800. The van der Waals surface area contributed by atoms with Gasteiger partial charge in [-0.1, -0.05) is 53.7 Å². The Hall–Kier alpha value is -1.83. The molecule has 0 aliphatic heterocycles. The van der Waals surface area contributed by atoms with Crippen molar-refractivity contribution in [2.24, 2.45) is 13.0 Å². The van der Waals surface area contributed by atoms with Crippen LogP contribution in [0.2, 0.25) is 0 Å². The molecule has 0 radical (unpaired) electrons. The normalized spacial score (nSPS) is 22.1. The van der Waals surface area contributed by atoms with Crippen LogP contribution in [0.3, 0.4) is 0 Å². The molecule has 1 saturated carbocycles. The van der Waals surface area contributed by atoms with E-state index in [1.54, 1.807) is 0 Å². The first-order chi connectivity index (χ1) is 11.1. The van der Waals surface area contributed by atoms with Gasteiger partial charge in [-0.3, -0.25) is 4.98 Å². The molecule has 0 spiro atoms. The lowest BCUT2D eigenvalue weighted by molar-refractivity contribution is 0.708. The van der Waals surface area contributed by atoms with Crippen LogP contribution in [0.4, 0.5) is 0 Å². The maximum atomic E-state index is 4.64. The van der Waals surface area contributed by atoms with Crippen LogP contribution in [0.1, 0.15) is 53.5 Å². The summed E-state index contributed by atoms with van der Waals surface area (Å²) in [6, 6.07) is 10.9. The molecule has 2 heteroatoms. The number of rotatable bonds is 1. The highest BCUT2D eigenvalue weighted by atomic mass is 15.0. The Labute approximate surface area is 140 Å². The SMILES string of the molecule is CC.CC.C[C@H]1CC1(C)c1cccc2c1c1ncccc1n2C. The van der Waals surface area contributed by atoms with Crippen molar-refractivity contribution in [3.63, 3.8) is 0 Å². The third-order valence-electron chi connectivity index (χ3n) is 5.06. The summed E-state index contributed by atoms with van der Waals surface area (Å²) in [6.45, 7) is 12.7. The van der Waals surface area contributed by atoms with Crippen molar-refractivity contribution in [2.45, 2.75) is 53.4 Å².